The highest BCUT2D eigenvalue weighted by atomic mass is 32.2. The zero-order valence-electron chi connectivity index (χ0n) is 11.8. The predicted octanol–water partition coefficient (Wildman–Crippen LogP) is 0.984. The molecule has 20 heavy (non-hydrogen) atoms. The van der Waals surface area contributed by atoms with Crippen molar-refractivity contribution < 1.29 is 13.2 Å². The molecule has 0 bridgehead atoms. The average Bonchev–Trinajstić information content (AvgIpc) is 2.90. The third-order valence-electron chi connectivity index (χ3n) is 3.61. The van der Waals surface area contributed by atoms with Gasteiger partial charge in [0.05, 0.1) is 5.75 Å². The van der Waals surface area contributed by atoms with Crippen LogP contribution in [0.15, 0.2) is 24.3 Å². The number of nitrogens with two attached hydrogens (primary N) is 1. The molecule has 1 fully saturated rings. The maximum absolute atomic E-state index is 12.1. The van der Waals surface area contributed by atoms with Crippen molar-refractivity contribution >= 4 is 10.0 Å². The van der Waals surface area contributed by atoms with Gasteiger partial charge in [-0.3, -0.25) is 0 Å². The molecule has 0 aliphatic carbocycles. The summed E-state index contributed by atoms with van der Waals surface area (Å²) >= 11 is 0. The first-order valence-electron chi connectivity index (χ1n) is 6.88. The molecule has 5 nitrogen and oxygen atoms in total. The zero-order chi connectivity index (χ0) is 14.6. The first-order chi connectivity index (χ1) is 9.51. The highest BCUT2D eigenvalue weighted by Gasteiger charge is 2.30. The number of ether oxygens (including phenoxy) is 1. The van der Waals surface area contributed by atoms with E-state index < -0.39 is 10.0 Å². The molecule has 1 aromatic carbocycles. The van der Waals surface area contributed by atoms with Crippen LogP contribution in [-0.4, -0.2) is 44.7 Å². The van der Waals surface area contributed by atoms with Crippen LogP contribution in [0.5, 0.6) is 5.75 Å². The molecule has 0 unspecified atom stereocenters. The highest BCUT2D eigenvalue weighted by molar-refractivity contribution is 7.89. The van der Waals surface area contributed by atoms with E-state index >= 15 is 0 Å². The molecule has 1 aromatic rings. The summed E-state index contributed by atoms with van der Waals surface area (Å²) in [5.74, 6) is 1.01. The van der Waals surface area contributed by atoms with Gasteiger partial charge in [0.25, 0.3) is 0 Å². The van der Waals surface area contributed by atoms with Gasteiger partial charge in [0.1, 0.15) is 12.4 Å². The number of benzene rings is 1. The second-order valence-corrected chi connectivity index (χ2v) is 7.31. The van der Waals surface area contributed by atoms with E-state index in [2.05, 4.69) is 0 Å². The van der Waals surface area contributed by atoms with Crippen LogP contribution in [0.3, 0.4) is 0 Å². The lowest BCUT2D eigenvalue weighted by molar-refractivity contribution is 0.336. The summed E-state index contributed by atoms with van der Waals surface area (Å²) in [7, 11) is -3.23. The summed E-state index contributed by atoms with van der Waals surface area (Å²) in [6.07, 6.45) is 0.856. The SMILES string of the molecule is Cc1ccc(OCCS(=O)(=O)N2CC[C@H](CN)C2)cc1. The summed E-state index contributed by atoms with van der Waals surface area (Å²) in [6.45, 7) is 3.84. The number of nitrogens with zero attached hydrogens (tertiary/aromatic N) is 1. The summed E-state index contributed by atoms with van der Waals surface area (Å²) in [5.41, 5.74) is 6.73. The molecule has 6 heteroatoms. The lowest BCUT2D eigenvalue weighted by Crippen LogP contribution is -2.33. The number of hydrogen-bond donors (Lipinski definition) is 1. The molecule has 1 heterocycles. The van der Waals surface area contributed by atoms with Crippen molar-refractivity contribution in [1.82, 2.24) is 4.31 Å². The van der Waals surface area contributed by atoms with E-state index in [1.165, 1.54) is 4.31 Å². The fraction of sp³-hybridized carbons (Fsp3) is 0.571. The molecular weight excluding hydrogens is 276 g/mol. The molecule has 0 saturated carbocycles. The van der Waals surface area contributed by atoms with Crippen LogP contribution >= 0.6 is 0 Å². The minimum absolute atomic E-state index is 0.0121. The molecule has 1 atom stereocenters. The standard InChI is InChI=1S/C14H22N2O3S/c1-12-2-4-14(5-3-12)19-8-9-20(17,18)16-7-6-13(10-15)11-16/h2-5,13H,6-11,15H2,1H3/t13-/m1/s1. The van der Waals surface area contributed by atoms with Crippen molar-refractivity contribution in [2.24, 2.45) is 11.7 Å². The van der Waals surface area contributed by atoms with E-state index in [1.807, 2.05) is 31.2 Å². The average molecular weight is 298 g/mol. The summed E-state index contributed by atoms with van der Waals surface area (Å²) in [5, 5.41) is 0. The molecule has 1 saturated heterocycles. The van der Waals surface area contributed by atoms with E-state index in [0.29, 0.717) is 31.3 Å². The lowest BCUT2D eigenvalue weighted by atomic mass is 10.1. The molecule has 1 aliphatic heterocycles. The topological polar surface area (TPSA) is 72.6 Å². The van der Waals surface area contributed by atoms with Gasteiger partial charge in [0.15, 0.2) is 0 Å². The number of rotatable bonds is 6. The second-order valence-electron chi connectivity index (χ2n) is 5.23. The van der Waals surface area contributed by atoms with Crippen LogP contribution in [0.4, 0.5) is 0 Å². The van der Waals surface area contributed by atoms with Crippen molar-refractivity contribution in [3.05, 3.63) is 29.8 Å². The van der Waals surface area contributed by atoms with Crippen LogP contribution in [0, 0.1) is 12.8 Å². The fourth-order valence-corrected chi connectivity index (χ4v) is 3.64. The van der Waals surface area contributed by atoms with Gasteiger partial charge in [-0.15, -0.1) is 0 Å². The number of hydrogen-bond acceptors (Lipinski definition) is 4. The molecule has 1 aliphatic rings. The molecule has 2 rings (SSSR count). The molecule has 0 spiro atoms. The van der Waals surface area contributed by atoms with Gasteiger partial charge in [-0.05, 0) is 37.9 Å². The number of aryl methyl sites for hydroxylation is 1. The Morgan fingerprint density at radius 1 is 1.35 bits per heavy atom. The van der Waals surface area contributed by atoms with Crippen molar-refractivity contribution in [3.8, 4) is 5.75 Å². The normalized spacial score (nSPS) is 20.2. The second kappa shape index (κ2) is 6.56. The molecule has 0 amide bonds. The smallest absolute Gasteiger partial charge is 0.217 e. The van der Waals surface area contributed by atoms with Gasteiger partial charge in [-0.25, -0.2) is 12.7 Å². The zero-order valence-corrected chi connectivity index (χ0v) is 12.6. The van der Waals surface area contributed by atoms with E-state index in [0.717, 1.165) is 12.0 Å². The van der Waals surface area contributed by atoms with Gasteiger partial charge in [-0.1, -0.05) is 17.7 Å². The Bertz CT molecular complexity index is 528. The van der Waals surface area contributed by atoms with Crippen LogP contribution < -0.4 is 10.5 Å². The summed E-state index contributed by atoms with van der Waals surface area (Å²) in [4.78, 5) is 0. The quantitative estimate of drug-likeness (QED) is 0.850. The first-order valence-corrected chi connectivity index (χ1v) is 8.49. The molecule has 2 N–H and O–H groups in total. The van der Waals surface area contributed by atoms with E-state index in [9.17, 15) is 8.42 Å². The summed E-state index contributed by atoms with van der Waals surface area (Å²) in [6, 6.07) is 7.58. The summed E-state index contributed by atoms with van der Waals surface area (Å²) < 4.78 is 31.3. The van der Waals surface area contributed by atoms with Crippen molar-refractivity contribution in [1.29, 1.82) is 0 Å². The monoisotopic (exact) mass is 298 g/mol. The molecular formula is C14H22N2O3S. The maximum Gasteiger partial charge on any atom is 0.217 e. The number of sulfonamides is 1. The van der Waals surface area contributed by atoms with Crippen molar-refractivity contribution in [3.63, 3.8) is 0 Å². The van der Waals surface area contributed by atoms with Gasteiger partial charge in [0, 0.05) is 13.1 Å². The first kappa shape index (κ1) is 15.3. The Morgan fingerprint density at radius 2 is 2.05 bits per heavy atom. The highest BCUT2D eigenvalue weighted by Crippen LogP contribution is 2.19. The van der Waals surface area contributed by atoms with Gasteiger partial charge >= 0.3 is 0 Å². The van der Waals surface area contributed by atoms with Crippen LogP contribution in [0.25, 0.3) is 0 Å². The minimum atomic E-state index is -3.23. The Kier molecular flexibility index (Phi) is 5.01. The Morgan fingerprint density at radius 3 is 2.65 bits per heavy atom. The predicted molar refractivity (Wildman–Crippen MR) is 79.2 cm³/mol. The van der Waals surface area contributed by atoms with E-state index in [1.54, 1.807) is 0 Å². The molecule has 0 aromatic heterocycles. The van der Waals surface area contributed by atoms with E-state index in [-0.39, 0.29) is 12.4 Å². The Balaban J connectivity index is 1.82. The lowest BCUT2D eigenvalue weighted by Gasteiger charge is -2.16. The van der Waals surface area contributed by atoms with Crippen LogP contribution in [-0.2, 0) is 10.0 Å². The van der Waals surface area contributed by atoms with E-state index in [4.69, 9.17) is 10.5 Å². The third kappa shape index (κ3) is 3.94. The van der Waals surface area contributed by atoms with Crippen LogP contribution in [0.1, 0.15) is 12.0 Å². The molecule has 112 valence electrons. The van der Waals surface area contributed by atoms with Crippen molar-refractivity contribution in [2.45, 2.75) is 13.3 Å². The third-order valence-corrected chi connectivity index (χ3v) is 5.41. The van der Waals surface area contributed by atoms with Gasteiger partial charge < -0.3 is 10.5 Å². The Labute approximate surface area is 120 Å². The minimum Gasteiger partial charge on any atom is -0.492 e. The maximum atomic E-state index is 12.1. The molecule has 0 radical (unpaired) electrons. The van der Waals surface area contributed by atoms with Crippen LogP contribution in [0.2, 0.25) is 0 Å². The van der Waals surface area contributed by atoms with Gasteiger partial charge in [0.2, 0.25) is 10.0 Å². The fourth-order valence-electron chi connectivity index (χ4n) is 2.27. The van der Waals surface area contributed by atoms with Gasteiger partial charge in [-0.2, -0.15) is 0 Å². The van der Waals surface area contributed by atoms with Crippen molar-refractivity contribution in [2.75, 3.05) is 32.0 Å². The Hall–Kier alpha value is -1.11. The largest absolute Gasteiger partial charge is 0.492 e.